The fourth-order valence-electron chi connectivity index (χ4n) is 1.48. The number of aldehydes is 1. The summed E-state index contributed by atoms with van der Waals surface area (Å²) in [5.74, 6) is -6.74. The Bertz CT molecular complexity index is 794. The molecule has 0 aliphatic carbocycles. The standard InChI is InChI=1S/C8H5F2NO3.C7H4F2O2.2CH4/c9-6-3-5(1-2-11(13)14)4-7(10)8(6)12;8-5-1-4(3-10)2-6(9)7(5)11;;/h1-4,12H;1-3,11H;2*1H4/b2-1+;;;. The molecule has 0 fully saturated rings. The molecule has 0 spiro atoms. The summed E-state index contributed by atoms with van der Waals surface area (Å²) in [5.41, 5.74) is -0.174. The van der Waals surface area contributed by atoms with Gasteiger partial charge >= 0.3 is 0 Å². The van der Waals surface area contributed by atoms with Gasteiger partial charge in [0.15, 0.2) is 34.8 Å². The minimum absolute atomic E-state index is 0. The molecule has 10 heteroatoms. The van der Waals surface area contributed by atoms with Crippen molar-refractivity contribution in [2.45, 2.75) is 14.9 Å². The molecule has 0 aromatic heterocycles. The van der Waals surface area contributed by atoms with Crippen LogP contribution in [0.4, 0.5) is 17.6 Å². The third-order valence-electron chi connectivity index (χ3n) is 2.60. The van der Waals surface area contributed by atoms with Gasteiger partial charge in [-0.1, -0.05) is 14.9 Å². The van der Waals surface area contributed by atoms with Crippen molar-refractivity contribution in [2.24, 2.45) is 0 Å². The monoisotopic (exact) mass is 391 g/mol. The summed E-state index contributed by atoms with van der Waals surface area (Å²) in [6.45, 7) is 0. The smallest absolute Gasteiger partial charge is 0.235 e. The molecule has 0 heterocycles. The Balaban J connectivity index is 0. The number of carbonyl (C=O) groups is 1. The second-order valence-electron chi connectivity index (χ2n) is 4.39. The molecule has 27 heavy (non-hydrogen) atoms. The van der Waals surface area contributed by atoms with Gasteiger partial charge in [-0.3, -0.25) is 14.9 Å². The molecular weight excluding hydrogens is 374 g/mol. The highest BCUT2D eigenvalue weighted by molar-refractivity contribution is 5.75. The van der Waals surface area contributed by atoms with Crippen molar-refractivity contribution in [3.63, 3.8) is 0 Å². The second-order valence-corrected chi connectivity index (χ2v) is 4.39. The molecule has 2 aromatic rings. The van der Waals surface area contributed by atoms with Crippen molar-refractivity contribution in [3.05, 3.63) is 75.0 Å². The Morgan fingerprint density at radius 3 is 1.44 bits per heavy atom. The lowest BCUT2D eigenvalue weighted by Crippen LogP contribution is -1.87. The topological polar surface area (TPSA) is 101 Å². The van der Waals surface area contributed by atoms with Gasteiger partial charge in [-0.25, -0.2) is 17.6 Å². The number of nitrogens with zero attached hydrogens (tertiary/aromatic N) is 1. The Kier molecular flexibility index (Phi) is 10.7. The van der Waals surface area contributed by atoms with Crippen molar-refractivity contribution >= 4 is 12.4 Å². The predicted octanol–water partition coefficient (Wildman–Crippen LogP) is 4.67. The van der Waals surface area contributed by atoms with E-state index in [1.807, 2.05) is 0 Å². The van der Waals surface area contributed by atoms with Crippen molar-refractivity contribution in [1.29, 1.82) is 0 Å². The van der Waals surface area contributed by atoms with Crippen LogP contribution in [0.2, 0.25) is 0 Å². The van der Waals surface area contributed by atoms with E-state index in [0.717, 1.165) is 30.3 Å². The first-order valence-electron chi connectivity index (χ1n) is 6.28. The van der Waals surface area contributed by atoms with Gasteiger partial charge in [-0.15, -0.1) is 0 Å². The van der Waals surface area contributed by atoms with Crippen LogP contribution in [0.15, 0.2) is 30.5 Å². The zero-order chi connectivity index (χ0) is 19.1. The maximum atomic E-state index is 12.7. The highest BCUT2D eigenvalue weighted by Gasteiger charge is 2.09. The van der Waals surface area contributed by atoms with Crippen LogP contribution in [0.1, 0.15) is 30.8 Å². The highest BCUT2D eigenvalue weighted by Crippen LogP contribution is 2.22. The van der Waals surface area contributed by atoms with E-state index in [1.165, 1.54) is 0 Å². The number of nitro groups is 1. The molecule has 0 unspecified atom stereocenters. The minimum atomic E-state index is -1.16. The van der Waals surface area contributed by atoms with E-state index in [-0.39, 0.29) is 26.0 Å². The second kappa shape index (κ2) is 11.2. The minimum Gasteiger partial charge on any atom is -0.503 e. The fraction of sp³-hybridized carbons (Fsp3) is 0.118. The number of halogens is 4. The number of aromatic hydroxyl groups is 2. The molecule has 0 radical (unpaired) electrons. The largest absolute Gasteiger partial charge is 0.503 e. The third-order valence-corrected chi connectivity index (χ3v) is 2.60. The summed E-state index contributed by atoms with van der Waals surface area (Å²) in [7, 11) is 0. The predicted molar refractivity (Wildman–Crippen MR) is 90.9 cm³/mol. The zero-order valence-corrected chi connectivity index (χ0v) is 12.1. The Morgan fingerprint density at radius 1 is 0.815 bits per heavy atom. The summed E-state index contributed by atoms with van der Waals surface area (Å²) >= 11 is 0. The lowest BCUT2D eigenvalue weighted by atomic mass is 10.2. The first-order chi connectivity index (χ1) is 11.6. The molecule has 0 aliphatic heterocycles. The summed E-state index contributed by atoms with van der Waals surface area (Å²) in [6, 6.07) is 3.09. The van der Waals surface area contributed by atoms with Crippen LogP contribution in [-0.2, 0) is 0 Å². The molecule has 2 rings (SSSR count). The van der Waals surface area contributed by atoms with Gasteiger partial charge < -0.3 is 10.2 Å². The van der Waals surface area contributed by atoms with Crippen molar-refractivity contribution in [3.8, 4) is 11.5 Å². The van der Waals surface area contributed by atoms with Gasteiger partial charge in [0.1, 0.15) is 6.29 Å². The molecule has 0 saturated heterocycles. The zero-order valence-electron chi connectivity index (χ0n) is 12.1. The van der Waals surface area contributed by atoms with Crippen LogP contribution >= 0.6 is 0 Å². The number of rotatable bonds is 3. The van der Waals surface area contributed by atoms with E-state index in [0.29, 0.717) is 12.5 Å². The number of phenolic OH excluding ortho intramolecular Hbond substituents is 2. The van der Waals surface area contributed by atoms with Crippen LogP contribution in [0.3, 0.4) is 0 Å². The SMILES string of the molecule is C.C.O=Cc1cc(F)c(O)c(F)c1.O=[N+]([O-])/C=C/c1cc(F)c(O)c(F)c1. The normalized spacial score (nSPS) is 9.48. The summed E-state index contributed by atoms with van der Waals surface area (Å²) in [5, 5.41) is 27.2. The van der Waals surface area contributed by atoms with Gasteiger partial charge in [0.25, 0.3) is 0 Å². The Hall–Kier alpha value is -3.43. The number of phenols is 2. The Labute approximate surface area is 152 Å². The third kappa shape index (κ3) is 7.55. The van der Waals surface area contributed by atoms with Gasteiger partial charge in [0.2, 0.25) is 6.20 Å². The quantitative estimate of drug-likeness (QED) is 0.343. The van der Waals surface area contributed by atoms with Gasteiger partial charge in [-0.2, -0.15) is 0 Å². The van der Waals surface area contributed by atoms with Gasteiger partial charge in [-0.05, 0) is 29.8 Å². The van der Waals surface area contributed by atoms with Crippen LogP contribution in [0, 0.1) is 33.4 Å². The molecule has 0 aliphatic rings. The highest BCUT2D eigenvalue weighted by atomic mass is 19.1. The average molecular weight is 391 g/mol. The average Bonchev–Trinajstić information content (AvgIpc) is 2.55. The van der Waals surface area contributed by atoms with E-state index in [1.54, 1.807) is 0 Å². The number of hydrogen-bond donors (Lipinski definition) is 2. The molecule has 148 valence electrons. The van der Waals surface area contributed by atoms with Crippen LogP contribution < -0.4 is 0 Å². The van der Waals surface area contributed by atoms with Crippen molar-refractivity contribution in [1.82, 2.24) is 0 Å². The summed E-state index contributed by atoms with van der Waals surface area (Å²) < 4.78 is 50.1. The molecule has 0 bridgehead atoms. The molecule has 0 saturated carbocycles. The van der Waals surface area contributed by atoms with E-state index in [9.17, 15) is 32.5 Å². The van der Waals surface area contributed by atoms with E-state index < -0.39 is 39.7 Å². The number of hydrogen-bond acceptors (Lipinski definition) is 5. The van der Waals surface area contributed by atoms with E-state index in [2.05, 4.69) is 0 Å². The van der Waals surface area contributed by atoms with Crippen LogP contribution in [-0.4, -0.2) is 21.4 Å². The van der Waals surface area contributed by atoms with Gasteiger partial charge in [0.05, 0.1) is 4.92 Å². The van der Waals surface area contributed by atoms with E-state index >= 15 is 0 Å². The first kappa shape index (κ1) is 25.8. The lowest BCUT2D eigenvalue weighted by Gasteiger charge is -1.98. The van der Waals surface area contributed by atoms with Crippen LogP contribution in [0.25, 0.3) is 6.08 Å². The number of benzene rings is 2. The maximum Gasteiger partial charge on any atom is 0.235 e. The summed E-state index contributed by atoms with van der Waals surface area (Å²) in [6.07, 6.45) is 1.77. The molecule has 0 atom stereocenters. The summed E-state index contributed by atoms with van der Waals surface area (Å²) in [4.78, 5) is 19.1. The molecule has 6 nitrogen and oxygen atoms in total. The van der Waals surface area contributed by atoms with Crippen LogP contribution in [0.5, 0.6) is 11.5 Å². The molecule has 2 aromatic carbocycles. The Morgan fingerprint density at radius 2 is 1.15 bits per heavy atom. The lowest BCUT2D eigenvalue weighted by molar-refractivity contribution is -0.400. The molecule has 2 N–H and O–H groups in total. The maximum absolute atomic E-state index is 12.7. The van der Waals surface area contributed by atoms with Crippen molar-refractivity contribution < 1.29 is 37.5 Å². The number of carbonyl (C=O) groups excluding carboxylic acids is 1. The first-order valence-corrected chi connectivity index (χ1v) is 6.28. The van der Waals surface area contributed by atoms with E-state index in [4.69, 9.17) is 10.2 Å². The van der Waals surface area contributed by atoms with Gasteiger partial charge in [0, 0.05) is 11.6 Å². The van der Waals surface area contributed by atoms with Crippen molar-refractivity contribution in [2.75, 3.05) is 0 Å². The molecule has 0 amide bonds. The fourth-order valence-corrected chi connectivity index (χ4v) is 1.48. The molecular formula is C17H17F4NO5.